The summed E-state index contributed by atoms with van der Waals surface area (Å²) in [5, 5.41) is 7.15. The highest BCUT2D eigenvalue weighted by atomic mass is 32.1. The molecule has 0 unspecified atom stereocenters. The Balaban J connectivity index is 1.54. The van der Waals surface area contributed by atoms with E-state index in [1.165, 1.54) is 24.5 Å². The van der Waals surface area contributed by atoms with Gasteiger partial charge in [-0.1, -0.05) is 17.4 Å². The summed E-state index contributed by atoms with van der Waals surface area (Å²) < 4.78 is 45.7. The lowest BCUT2D eigenvalue weighted by atomic mass is 10.1. The summed E-state index contributed by atoms with van der Waals surface area (Å²) >= 11 is 1.22. The van der Waals surface area contributed by atoms with Crippen molar-refractivity contribution in [2.24, 2.45) is 0 Å². The molecule has 0 aliphatic carbocycles. The topological polar surface area (TPSA) is 114 Å². The van der Waals surface area contributed by atoms with Crippen LogP contribution >= 0.6 is 11.3 Å². The minimum absolute atomic E-state index is 0.0355. The molecule has 0 radical (unpaired) electrons. The molecule has 0 atom stereocenters. The van der Waals surface area contributed by atoms with Crippen LogP contribution in [0.15, 0.2) is 48.8 Å². The highest BCUT2D eigenvalue weighted by Crippen LogP contribution is 2.35. The highest BCUT2D eigenvalue weighted by molar-refractivity contribution is 7.16. The highest BCUT2D eigenvalue weighted by Gasteiger charge is 2.32. The molecule has 15 heteroatoms. The van der Waals surface area contributed by atoms with Crippen molar-refractivity contribution in [2.45, 2.75) is 13.1 Å². The molecule has 4 rings (SSSR count). The summed E-state index contributed by atoms with van der Waals surface area (Å²) in [6, 6.07) is 8.51. The van der Waals surface area contributed by atoms with E-state index in [0.717, 1.165) is 22.6 Å². The number of carbonyl (C=O) groups excluding carboxylic acids is 2. The van der Waals surface area contributed by atoms with Crippen molar-refractivity contribution in [1.29, 1.82) is 0 Å². The lowest BCUT2D eigenvalue weighted by Gasteiger charge is -2.23. The maximum absolute atomic E-state index is 13.7. The zero-order valence-electron chi connectivity index (χ0n) is 23.6. The van der Waals surface area contributed by atoms with Crippen LogP contribution in [0.1, 0.15) is 26.4 Å². The number of halogens is 3. The van der Waals surface area contributed by atoms with Crippen LogP contribution in [-0.2, 0) is 10.9 Å². The van der Waals surface area contributed by atoms with Crippen LogP contribution in [0.4, 0.5) is 40.2 Å². The summed E-state index contributed by atoms with van der Waals surface area (Å²) in [7, 11) is 6.73. The van der Waals surface area contributed by atoms with Gasteiger partial charge in [-0.25, -0.2) is 9.78 Å². The number of hydrogen-bond donors (Lipinski definition) is 4. The Morgan fingerprint density at radius 2 is 1.86 bits per heavy atom. The van der Waals surface area contributed by atoms with E-state index in [1.54, 1.807) is 47.6 Å². The van der Waals surface area contributed by atoms with E-state index < -0.39 is 23.7 Å². The Morgan fingerprint density at radius 1 is 1.10 bits per heavy atom. The van der Waals surface area contributed by atoms with Crippen LogP contribution in [0.2, 0.25) is 0 Å². The third-order valence-corrected chi connectivity index (χ3v) is 7.24. The fourth-order valence-corrected chi connectivity index (χ4v) is 4.69. The number of carbonyl (C=O) groups is 2. The summed E-state index contributed by atoms with van der Waals surface area (Å²) in [4.78, 5) is 33.2. The number of likely N-dealkylation sites (N-methyl/N-ethyl adjacent to an activating group) is 2. The van der Waals surface area contributed by atoms with Gasteiger partial charge in [0.2, 0.25) is 0 Å². The van der Waals surface area contributed by atoms with Crippen LogP contribution in [0.5, 0.6) is 0 Å². The predicted molar refractivity (Wildman–Crippen MR) is 157 cm³/mol. The number of hydrogen-bond acceptors (Lipinski definition) is 10. The average molecular weight is 605 g/mol. The fraction of sp³-hybridized carbons (Fsp3) is 0.296. The van der Waals surface area contributed by atoms with Crippen LogP contribution in [0.25, 0.3) is 5.70 Å². The number of aryl methyl sites for hydroxylation is 1. The van der Waals surface area contributed by atoms with Crippen molar-refractivity contribution in [1.82, 2.24) is 20.8 Å². The van der Waals surface area contributed by atoms with E-state index in [0.29, 0.717) is 35.3 Å². The number of anilines is 4. The van der Waals surface area contributed by atoms with E-state index in [9.17, 15) is 22.8 Å². The zero-order valence-corrected chi connectivity index (χ0v) is 24.4. The molecule has 0 saturated carbocycles. The summed E-state index contributed by atoms with van der Waals surface area (Å²) in [5.41, 5.74) is 7.92. The first kappa shape index (κ1) is 30.6. The van der Waals surface area contributed by atoms with E-state index >= 15 is 0 Å². The van der Waals surface area contributed by atoms with Gasteiger partial charge in [-0.15, -0.1) is 5.53 Å². The largest absolute Gasteiger partial charge is 0.453 e. The van der Waals surface area contributed by atoms with Crippen LogP contribution in [0.3, 0.4) is 0 Å². The molecular weight excluding hydrogens is 573 g/mol. The molecule has 42 heavy (non-hydrogen) atoms. The minimum Gasteiger partial charge on any atom is -0.453 e. The monoisotopic (exact) mass is 604 g/mol. The number of hydrazine groups is 2. The molecule has 1 aliphatic rings. The van der Waals surface area contributed by atoms with Crippen molar-refractivity contribution in [3.8, 4) is 0 Å². The molecule has 0 bridgehead atoms. The number of methoxy groups -OCH3 is 1. The van der Waals surface area contributed by atoms with Crippen molar-refractivity contribution >= 4 is 51.2 Å². The minimum atomic E-state index is -4.58. The lowest BCUT2D eigenvalue weighted by Crippen LogP contribution is -2.36. The van der Waals surface area contributed by atoms with Crippen LogP contribution in [0, 0.1) is 6.92 Å². The Morgan fingerprint density at radius 3 is 2.55 bits per heavy atom. The number of nitrogens with one attached hydrogen (secondary N) is 4. The number of amides is 2. The first-order valence-corrected chi connectivity index (χ1v) is 13.5. The molecule has 0 fully saturated rings. The third kappa shape index (κ3) is 7.48. The first-order valence-electron chi connectivity index (χ1n) is 12.7. The average Bonchev–Trinajstić information content (AvgIpc) is 3.61. The molecule has 2 amide bonds. The summed E-state index contributed by atoms with van der Waals surface area (Å²) in [6.45, 7) is 3.00. The SMILES string of the molecule is COC(=O)Nc1ncc(C2=CN(c3cc(C(=O)Nc4cc(N(C)CCN(C)C)cc(C(F)(F)F)c4)ccc3C)NN2)s1. The molecule has 0 spiro atoms. The van der Waals surface area contributed by atoms with E-state index in [1.807, 2.05) is 25.9 Å². The predicted octanol–water partition coefficient (Wildman–Crippen LogP) is 4.73. The van der Waals surface area contributed by atoms with Gasteiger partial charge in [0.25, 0.3) is 5.91 Å². The molecule has 2 heterocycles. The summed E-state index contributed by atoms with van der Waals surface area (Å²) in [5.74, 6) is -0.560. The molecule has 3 aromatic rings. The number of aromatic nitrogens is 1. The Labute approximate surface area is 244 Å². The quantitative estimate of drug-likeness (QED) is 0.275. The van der Waals surface area contributed by atoms with Gasteiger partial charge in [-0.2, -0.15) is 13.2 Å². The van der Waals surface area contributed by atoms with Gasteiger partial charge >= 0.3 is 12.3 Å². The first-order chi connectivity index (χ1) is 19.8. The number of thiazole rings is 1. The van der Waals surface area contributed by atoms with Gasteiger partial charge in [0, 0.05) is 49.5 Å². The Kier molecular flexibility index (Phi) is 9.23. The van der Waals surface area contributed by atoms with Crippen LogP contribution in [-0.4, -0.2) is 63.2 Å². The van der Waals surface area contributed by atoms with E-state index in [-0.39, 0.29) is 11.3 Å². The maximum atomic E-state index is 13.7. The second-order valence-corrected chi connectivity index (χ2v) is 10.8. The standard InChI is InChI=1S/C27H31F3N8O3S/c1-16-6-7-17(10-22(16)38-15-21(34-35-38)23-14-31-25(42-23)33-26(40)41-5)24(39)32-19-11-18(27(28,29)30)12-20(13-19)37(4)9-8-36(2)3/h6-7,10-15,34-35H,8-9H2,1-5H3,(H,32,39)(H,31,33,40). The van der Waals surface area contributed by atoms with E-state index in [4.69, 9.17) is 0 Å². The van der Waals surface area contributed by atoms with Gasteiger partial charge in [0.15, 0.2) is 5.13 Å². The van der Waals surface area contributed by atoms with Crippen molar-refractivity contribution < 1.29 is 27.5 Å². The smallest absolute Gasteiger partial charge is 0.416 e. The number of rotatable bonds is 9. The third-order valence-electron chi connectivity index (χ3n) is 6.29. The Hall–Kier alpha value is -4.34. The lowest BCUT2D eigenvalue weighted by molar-refractivity contribution is -0.137. The van der Waals surface area contributed by atoms with Crippen molar-refractivity contribution in [3.05, 3.63) is 70.4 Å². The van der Waals surface area contributed by atoms with Gasteiger partial charge in [-0.05, 0) is 56.9 Å². The Bertz CT molecular complexity index is 1490. The van der Waals surface area contributed by atoms with Gasteiger partial charge in [0.05, 0.1) is 28.9 Å². The molecule has 1 aliphatic heterocycles. The number of nitrogens with zero attached hydrogens (tertiary/aromatic N) is 4. The van der Waals surface area contributed by atoms with E-state index in [2.05, 4.69) is 31.3 Å². The van der Waals surface area contributed by atoms with Crippen molar-refractivity contribution in [2.75, 3.05) is 61.9 Å². The molecule has 2 aromatic carbocycles. The van der Waals surface area contributed by atoms with Crippen LogP contribution < -0.4 is 31.5 Å². The second-order valence-electron chi connectivity index (χ2n) is 9.74. The number of ether oxygens (including phenoxy) is 1. The molecular formula is C27H31F3N8O3S. The number of benzene rings is 2. The number of alkyl halides is 3. The molecule has 0 saturated heterocycles. The fourth-order valence-electron chi connectivity index (χ4n) is 3.92. The second kappa shape index (κ2) is 12.7. The summed E-state index contributed by atoms with van der Waals surface area (Å²) in [6.07, 6.45) is -1.88. The van der Waals surface area contributed by atoms with Gasteiger partial charge in [-0.3, -0.25) is 15.1 Å². The molecule has 1 aromatic heterocycles. The molecule has 4 N–H and O–H groups in total. The van der Waals surface area contributed by atoms with Crippen molar-refractivity contribution in [3.63, 3.8) is 0 Å². The zero-order chi connectivity index (χ0) is 30.6. The molecule has 11 nitrogen and oxygen atoms in total. The van der Waals surface area contributed by atoms with Gasteiger partial charge < -0.3 is 25.3 Å². The molecule has 224 valence electrons. The maximum Gasteiger partial charge on any atom is 0.416 e. The van der Waals surface area contributed by atoms with Gasteiger partial charge in [0.1, 0.15) is 0 Å². The normalized spacial score (nSPS) is 13.1.